The van der Waals surface area contributed by atoms with Crippen LogP contribution in [0.4, 0.5) is 5.69 Å². The van der Waals surface area contributed by atoms with Crippen LogP contribution in [0.3, 0.4) is 0 Å². The molecule has 0 aromatic carbocycles. The topological polar surface area (TPSA) is 64.2 Å². The largest absolute Gasteiger partial charge is 0.369 e. The van der Waals surface area contributed by atoms with Crippen molar-refractivity contribution >= 4 is 21.6 Å². The number of halogens is 1. The Balaban J connectivity index is 2.24. The summed E-state index contributed by atoms with van der Waals surface area (Å²) in [6, 6.07) is 0.402. The summed E-state index contributed by atoms with van der Waals surface area (Å²) in [5, 5.41) is 4.32. The van der Waals surface area contributed by atoms with Crippen LogP contribution < -0.4 is 16.2 Å². The molecule has 5 nitrogen and oxygen atoms in total. The molecule has 0 bridgehead atoms. The zero-order chi connectivity index (χ0) is 15.4. The Morgan fingerprint density at radius 3 is 2.95 bits per heavy atom. The van der Waals surface area contributed by atoms with E-state index in [2.05, 4.69) is 32.9 Å². The Morgan fingerprint density at radius 2 is 2.29 bits per heavy atom. The Bertz CT molecular complexity index is 531. The third kappa shape index (κ3) is 3.48. The molecule has 2 atom stereocenters. The highest BCUT2D eigenvalue weighted by Gasteiger charge is 2.30. The highest BCUT2D eigenvalue weighted by molar-refractivity contribution is 9.10. The molecule has 6 heteroatoms. The van der Waals surface area contributed by atoms with Crippen LogP contribution in [-0.4, -0.2) is 29.4 Å². The summed E-state index contributed by atoms with van der Waals surface area (Å²) in [7, 11) is 2.04. The van der Waals surface area contributed by atoms with Crippen LogP contribution in [0.1, 0.15) is 39.0 Å². The van der Waals surface area contributed by atoms with Crippen LogP contribution in [0, 0.1) is 5.92 Å². The summed E-state index contributed by atoms with van der Waals surface area (Å²) in [6.07, 6.45) is 7.32. The standard InChI is InChI=1S/C15H25BrN4O/c1-3-4-8-20-15(21)14(16)13(10-18-20)19(2)12-7-5-6-11(12)9-17/h10-12H,3-9,17H2,1-2H3. The van der Waals surface area contributed by atoms with E-state index in [1.54, 1.807) is 10.9 Å². The normalized spacial score (nSPS) is 21.7. The lowest BCUT2D eigenvalue weighted by atomic mass is 10.0. The Hall–Kier alpha value is -0.880. The first-order valence-electron chi connectivity index (χ1n) is 7.78. The predicted molar refractivity (Wildman–Crippen MR) is 89.7 cm³/mol. The second-order valence-electron chi connectivity index (χ2n) is 5.83. The zero-order valence-corrected chi connectivity index (χ0v) is 14.5. The van der Waals surface area contributed by atoms with Crippen LogP contribution in [0.25, 0.3) is 0 Å². The second-order valence-corrected chi connectivity index (χ2v) is 6.62. The third-order valence-electron chi connectivity index (χ3n) is 4.49. The molecule has 2 rings (SSSR count). The van der Waals surface area contributed by atoms with Crippen LogP contribution in [-0.2, 0) is 6.54 Å². The fourth-order valence-electron chi connectivity index (χ4n) is 3.15. The van der Waals surface area contributed by atoms with Crippen molar-refractivity contribution in [3.8, 4) is 0 Å². The highest BCUT2D eigenvalue weighted by Crippen LogP contribution is 2.33. The molecule has 1 aliphatic rings. The molecular formula is C15H25BrN4O. The van der Waals surface area contributed by atoms with Crippen molar-refractivity contribution in [1.82, 2.24) is 9.78 Å². The highest BCUT2D eigenvalue weighted by atomic mass is 79.9. The van der Waals surface area contributed by atoms with E-state index in [-0.39, 0.29) is 5.56 Å². The van der Waals surface area contributed by atoms with Gasteiger partial charge in [-0.05, 0) is 47.7 Å². The van der Waals surface area contributed by atoms with Crippen LogP contribution >= 0.6 is 15.9 Å². The van der Waals surface area contributed by atoms with Gasteiger partial charge >= 0.3 is 0 Å². The van der Waals surface area contributed by atoms with Gasteiger partial charge in [0, 0.05) is 19.6 Å². The van der Waals surface area contributed by atoms with Gasteiger partial charge in [-0.25, -0.2) is 4.68 Å². The molecule has 0 aliphatic heterocycles. The number of hydrogen-bond donors (Lipinski definition) is 1. The molecule has 0 saturated heterocycles. The molecule has 0 radical (unpaired) electrons. The lowest BCUT2D eigenvalue weighted by Crippen LogP contribution is -2.39. The fraction of sp³-hybridized carbons (Fsp3) is 0.733. The van der Waals surface area contributed by atoms with Gasteiger partial charge in [0.25, 0.3) is 5.56 Å². The molecule has 118 valence electrons. The number of unbranched alkanes of at least 4 members (excludes halogenated alkanes) is 1. The van der Waals surface area contributed by atoms with Gasteiger partial charge in [0.05, 0.1) is 11.9 Å². The van der Waals surface area contributed by atoms with Crippen LogP contribution in [0.15, 0.2) is 15.5 Å². The van der Waals surface area contributed by atoms with Crippen molar-refractivity contribution in [3.05, 3.63) is 21.0 Å². The van der Waals surface area contributed by atoms with E-state index in [0.717, 1.165) is 24.9 Å². The van der Waals surface area contributed by atoms with Gasteiger partial charge in [-0.3, -0.25) is 4.79 Å². The van der Waals surface area contributed by atoms with Crippen molar-refractivity contribution in [1.29, 1.82) is 0 Å². The summed E-state index contributed by atoms with van der Waals surface area (Å²) in [4.78, 5) is 14.5. The number of anilines is 1. The number of aromatic nitrogens is 2. The van der Waals surface area contributed by atoms with Crippen LogP contribution in [0.2, 0.25) is 0 Å². The number of aryl methyl sites for hydroxylation is 1. The summed E-state index contributed by atoms with van der Waals surface area (Å²) in [5.41, 5.74) is 6.69. The number of nitrogens with zero attached hydrogens (tertiary/aromatic N) is 3. The van der Waals surface area contributed by atoms with Crippen molar-refractivity contribution in [3.63, 3.8) is 0 Å². The Labute approximate surface area is 134 Å². The number of rotatable bonds is 6. The molecule has 1 aromatic heterocycles. The minimum Gasteiger partial charge on any atom is -0.369 e. The van der Waals surface area contributed by atoms with E-state index in [1.807, 2.05) is 7.05 Å². The first kappa shape index (κ1) is 16.5. The van der Waals surface area contributed by atoms with E-state index in [0.29, 0.717) is 29.5 Å². The monoisotopic (exact) mass is 356 g/mol. The van der Waals surface area contributed by atoms with E-state index < -0.39 is 0 Å². The minimum absolute atomic E-state index is 0.0462. The molecule has 0 amide bonds. The smallest absolute Gasteiger partial charge is 0.283 e. The lowest BCUT2D eigenvalue weighted by molar-refractivity contribution is 0.471. The third-order valence-corrected chi connectivity index (χ3v) is 5.23. The summed E-state index contributed by atoms with van der Waals surface area (Å²) >= 11 is 3.47. The van der Waals surface area contributed by atoms with Crippen molar-refractivity contribution in [2.24, 2.45) is 11.7 Å². The molecule has 0 spiro atoms. The van der Waals surface area contributed by atoms with Gasteiger partial charge in [0.2, 0.25) is 0 Å². The van der Waals surface area contributed by atoms with Gasteiger partial charge < -0.3 is 10.6 Å². The second kappa shape index (κ2) is 7.40. The Kier molecular flexibility index (Phi) is 5.81. The Morgan fingerprint density at radius 1 is 1.52 bits per heavy atom. The summed E-state index contributed by atoms with van der Waals surface area (Å²) in [5.74, 6) is 0.504. The summed E-state index contributed by atoms with van der Waals surface area (Å²) in [6.45, 7) is 3.48. The minimum atomic E-state index is -0.0462. The van der Waals surface area contributed by atoms with E-state index in [4.69, 9.17) is 5.73 Å². The van der Waals surface area contributed by atoms with E-state index in [1.165, 1.54) is 12.8 Å². The molecule has 1 heterocycles. The van der Waals surface area contributed by atoms with Gasteiger partial charge in [-0.15, -0.1) is 0 Å². The number of nitrogens with two attached hydrogens (primary N) is 1. The average Bonchev–Trinajstić information content (AvgIpc) is 2.96. The molecule has 1 aliphatic carbocycles. The maximum atomic E-state index is 12.4. The molecule has 1 fully saturated rings. The summed E-state index contributed by atoms with van der Waals surface area (Å²) < 4.78 is 2.15. The molecule has 2 unspecified atom stereocenters. The molecular weight excluding hydrogens is 332 g/mol. The average molecular weight is 357 g/mol. The SMILES string of the molecule is CCCCn1ncc(N(C)C2CCCC2CN)c(Br)c1=O. The molecule has 21 heavy (non-hydrogen) atoms. The van der Waals surface area contributed by atoms with Crippen molar-refractivity contribution in [2.75, 3.05) is 18.5 Å². The quantitative estimate of drug-likeness (QED) is 0.849. The molecule has 1 saturated carbocycles. The first-order valence-corrected chi connectivity index (χ1v) is 8.58. The van der Waals surface area contributed by atoms with Gasteiger partial charge in [0.1, 0.15) is 4.47 Å². The maximum absolute atomic E-state index is 12.4. The zero-order valence-electron chi connectivity index (χ0n) is 12.9. The van der Waals surface area contributed by atoms with Gasteiger partial charge in [-0.1, -0.05) is 19.8 Å². The van der Waals surface area contributed by atoms with Crippen molar-refractivity contribution < 1.29 is 0 Å². The number of hydrogen-bond acceptors (Lipinski definition) is 4. The van der Waals surface area contributed by atoms with Gasteiger partial charge in [-0.2, -0.15) is 5.10 Å². The molecule has 2 N–H and O–H groups in total. The molecule has 1 aromatic rings. The lowest BCUT2D eigenvalue weighted by Gasteiger charge is -2.31. The van der Waals surface area contributed by atoms with Crippen LogP contribution in [0.5, 0.6) is 0 Å². The van der Waals surface area contributed by atoms with Crippen molar-refractivity contribution in [2.45, 2.75) is 51.6 Å². The maximum Gasteiger partial charge on any atom is 0.283 e. The first-order chi connectivity index (χ1) is 10.1. The van der Waals surface area contributed by atoms with Gasteiger partial charge in [0.15, 0.2) is 0 Å². The van der Waals surface area contributed by atoms with E-state index >= 15 is 0 Å². The van der Waals surface area contributed by atoms with E-state index in [9.17, 15) is 4.79 Å². The fourth-order valence-corrected chi connectivity index (χ4v) is 3.74. The predicted octanol–water partition coefficient (Wildman–Crippen LogP) is 2.37.